The number of amides is 1. The van der Waals surface area contributed by atoms with Gasteiger partial charge in [-0.2, -0.15) is 0 Å². The Labute approximate surface area is 98.3 Å². The van der Waals surface area contributed by atoms with Gasteiger partial charge in [0.25, 0.3) is 0 Å². The number of ether oxygens (including phenoxy) is 1. The minimum atomic E-state index is 0.0550. The summed E-state index contributed by atoms with van der Waals surface area (Å²) < 4.78 is 5.55. The molecule has 16 heavy (non-hydrogen) atoms. The van der Waals surface area contributed by atoms with Gasteiger partial charge in [0, 0.05) is 25.7 Å². The van der Waals surface area contributed by atoms with E-state index in [1.807, 2.05) is 4.90 Å². The minimum absolute atomic E-state index is 0.0550. The maximum Gasteiger partial charge on any atom is 0.225 e. The first kappa shape index (κ1) is 13.5. The molecule has 0 aromatic rings. The number of nitrogens with one attached hydrogen (secondary N) is 1. The zero-order valence-electron chi connectivity index (χ0n) is 10.7. The Morgan fingerprint density at radius 1 is 1.56 bits per heavy atom. The van der Waals surface area contributed by atoms with Gasteiger partial charge < -0.3 is 15.0 Å². The molecule has 1 rings (SSSR count). The van der Waals surface area contributed by atoms with Gasteiger partial charge in [0.2, 0.25) is 5.91 Å². The monoisotopic (exact) mass is 228 g/mol. The van der Waals surface area contributed by atoms with Crippen molar-refractivity contribution in [2.24, 2.45) is 0 Å². The number of morpholine rings is 1. The van der Waals surface area contributed by atoms with Crippen molar-refractivity contribution >= 4 is 5.91 Å². The molecule has 94 valence electrons. The largest absolute Gasteiger partial charge is 0.375 e. The summed E-state index contributed by atoms with van der Waals surface area (Å²) in [7, 11) is 0. The Kier molecular flexibility index (Phi) is 5.77. The predicted molar refractivity (Wildman–Crippen MR) is 64.4 cm³/mol. The van der Waals surface area contributed by atoms with E-state index < -0.39 is 0 Å². The highest BCUT2D eigenvalue weighted by molar-refractivity contribution is 5.77. The summed E-state index contributed by atoms with van der Waals surface area (Å²) in [6.45, 7) is 9.48. The molecule has 1 saturated heterocycles. The van der Waals surface area contributed by atoms with Crippen LogP contribution in [0.25, 0.3) is 0 Å². The molecular formula is C12H24N2O2. The lowest BCUT2D eigenvalue weighted by Crippen LogP contribution is -2.44. The molecule has 1 heterocycles. The molecule has 0 bridgehead atoms. The normalized spacial score (nSPS) is 21.1. The van der Waals surface area contributed by atoms with Gasteiger partial charge in [0.05, 0.1) is 19.1 Å². The number of carbonyl (C=O) groups is 1. The molecule has 1 unspecified atom stereocenters. The standard InChI is InChI=1S/C12H24N2O2/c1-4-6-14(10(2)3)12(15)8-11-9-13-5-7-16-11/h10-11,13H,4-9H2,1-3H3. The molecule has 1 aliphatic rings. The molecule has 4 heteroatoms. The van der Waals surface area contributed by atoms with Gasteiger partial charge in [-0.3, -0.25) is 4.79 Å². The fraction of sp³-hybridized carbons (Fsp3) is 0.917. The van der Waals surface area contributed by atoms with Crippen LogP contribution in [0.15, 0.2) is 0 Å². The van der Waals surface area contributed by atoms with Crippen LogP contribution < -0.4 is 5.32 Å². The van der Waals surface area contributed by atoms with Crippen molar-refractivity contribution < 1.29 is 9.53 Å². The van der Waals surface area contributed by atoms with E-state index in [1.165, 1.54) is 0 Å². The smallest absolute Gasteiger partial charge is 0.225 e. The number of carbonyl (C=O) groups excluding carboxylic acids is 1. The van der Waals surface area contributed by atoms with Crippen molar-refractivity contribution in [3.8, 4) is 0 Å². The van der Waals surface area contributed by atoms with Gasteiger partial charge in [0.1, 0.15) is 0 Å². The van der Waals surface area contributed by atoms with Gasteiger partial charge in [0.15, 0.2) is 0 Å². The summed E-state index contributed by atoms with van der Waals surface area (Å²) in [5, 5.41) is 3.24. The van der Waals surface area contributed by atoms with Crippen LogP contribution >= 0.6 is 0 Å². The van der Waals surface area contributed by atoms with Gasteiger partial charge in [-0.25, -0.2) is 0 Å². The number of hydrogen-bond donors (Lipinski definition) is 1. The zero-order valence-corrected chi connectivity index (χ0v) is 10.7. The molecule has 0 aromatic carbocycles. The number of nitrogens with zero attached hydrogens (tertiary/aromatic N) is 1. The topological polar surface area (TPSA) is 41.6 Å². The van der Waals surface area contributed by atoms with Crippen LogP contribution in [0.4, 0.5) is 0 Å². The second-order valence-corrected chi connectivity index (χ2v) is 4.58. The quantitative estimate of drug-likeness (QED) is 0.763. The Balaban J connectivity index is 2.40. The van der Waals surface area contributed by atoms with Crippen LogP contribution in [0.1, 0.15) is 33.6 Å². The van der Waals surface area contributed by atoms with Gasteiger partial charge in [-0.05, 0) is 20.3 Å². The molecule has 0 aromatic heterocycles. The van der Waals surface area contributed by atoms with E-state index in [9.17, 15) is 4.79 Å². The van der Waals surface area contributed by atoms with E-state index >= 15 is 0 Å². The van der Waals surface area contributed by atoms with Gasteiger partial charge in [-0.1, -0.05) is 6.92 Å². The van der Waals surface area contributed by atoms with E-state index in [-0.39, 0.29) is 18.1 Å². The molecule has 1 amide bonds. The van der Waals surface area contributed by atoms with Crippen LogP contribution in [0, 0.1) is 0 Å². The summed E-state index contributed by atoms with van der Waals surface area (Å²) in [4.78, 5) is 14.0. The first-order chi connectivity index (χ1) is 7.65. The van der Waals surface area contributed by atoms with Crippen LogP contribution in [-0.2, 0) is 9.53 Å². The maximum absolute atomic E-state index is 12.1. The third-order valence-electron chi connectivity index (χ3n) is 2.81. The molecule has 0 radical (unpaired) electrons. The Bertz CT molecular complexity index is 213. The lowest BCUT2D eigenvalue weighted by atomic mass is 10.1. The van der Waals surface area contributed by atoms with Crippen LogP contribution in [0.2, 0.25) is 0 Å². The fourth-order valence-electron chi connectivity index (χ4n) is 1.97. The first-order valence-electron chi connectivity index (χ1n) is 6.27. The molecule has 0 spiro atoms. The summed E-state index contributed by atoms with van der Waals surface area (Å²) in [6.07, 6.45) is 1.57. The van der Waals surface area contributed by atoms with Crippen molar-refractivity contribution in [2.75, 3.05) is 26.2 Å². The molecule has 1 N–H and O–H groups in total. The highest BCUT2D eigenvalue weighted by Gasteiger charge is 2.22. The van der Waals surface area contributed by atoms with E-state index in [4.69, 9.17) is 4.74 Å². The second-order valence-electron chi connectivity index (χ2n) is 4.58. The third kappa shape index (κ3) is 4.10. The second kappa shape index (κ2) is 6.86. The van der Waals surface area contributed by atoms with E-state index in [0.717, 1.165) is 26.1 Å². The van der Waals surface area contributed by atoms with Crippen molar-refractivity contribution in [1.82, 2.24) is 10.2 Å². The number of rotatable bonds is 5. The summed E-state index contributed by atoms with van der Waals surface area (Å²) in [5.41, 5.74) is 0. The summed E-state index contributed by atoms with van der Waals surface area (Å²) in [6, 6.07) is 0.281. The van der Waals surface area contributed by atoms with E-state index in [2.05, 4.69) is 26.1 Å². The third-order valence-corrected chi connectivity index (χ3v) is 2.81. The molecule has 1 fully saturated rings. The zero-order chi connectivity index (χ0) is 12.0. The van der Waals surface area contributed by atoms with Crippen molar-refractivity contribution in [3.63, 3.8) is 0 Å². The van der Waals surface area contributed by atoms with E-state index in [1.54, 1.807) is 0 Å². The average Bonchev–Trinajstić information content (AvgIpc) is 2.26. The first-order valence-corrected chi connectivity index (χ1v) is 6.27. The van der Waals surface area contributed by atoms with Crippen molar-refractivity contribution in [1.29, 1.82) is 0 Å². The highest BCUT2D eigenvalue weighted by Crippen LogP contribution is 2.08. The minimum Gasteiger partial charge on any atom is -0.375 e. The van der Waals surface area contributed by atoms with Gasteiger partial charge >= 0.3 is 0 Å². The molecule has 0 aliphatic carbocycles. The molecule has 1 atom stereocenters. The fourth-order valence-corrected chi connectivity index (χ4v) is 1.97. The van der Waals surface area contributed by atoms with Crippen LogP contribution in [-0.4, -0.2) is 49.2 Å². The maximum atomic E-state index is 12.1. The van der Waals surface area contributed by atoms with Crippen molar-refractivity contribution in [2.45, 2.75) is 45.8 Å². The highest BCUT2D eigenvalue weighted by atomic mass is 16.5. The lowest BCUT2D eigenvalue weighted by Gasteiger charge is -2.29. The van der Waals surface area contributed by atoms with Crippen molar-refractivity contribution in [3.05, 3.63) is 0 Å². The SMILES string of the molecule is CCCN(C(=O)CC1CNCCO1)C(C)C. The molecule has 1 aliphatic heterocycles. The summed E-state index contributed by atoms with van der Waals surface area (Å²) >= 11 is 0. The lowest BCUT2D eigenvalue weighted by molar-refractivity contribution is -0.136. The molecular weight excluding hydrogens is 204 g/mol. The van der Waals surface area contributed by atoms with Crippen LogP contribution in [0.3, 0.4) is 0 Å². The van der Waals surface area contributed by atoms with E-state index in [0.29, 0.717) is 13.0 Å². The molecule has 0 saturated carbocycles. The Hall–Kier alpha value is -0.610. The summed E-state index contributed by atoms with van der Waals surface area (Å²) in [5.74, 6) is 0.213. The predicted octanol–water partition coefficient (Wildman–Crippen LogP) is 1.01. The molecule has 4 nitrogen and oxygen atoms in total. The van der Waals surface area contributed by atoms with Crippen LogP contribution in [0.5, 0.6) is 0 Å². The number of hydrogen-bond acceptors (Lipinski definition) is 3. The Morgan fingerprint density at radius 2 is 2.31 bits per heavy atom. The Morgan fingerprint density at radius 3 is 2.81 bits per heavy atom. The average molecular weight is 228 g/mol. The van der Waals surface area contributed by atoms with Gasteiger partial charge in [-0.15, -0.1) is 0 Å².